The first kappa shape index (κ1) is 58.5. The molecule has 1 amide bonds. The average molecular weight is 975 g/mol. The molecule has 9 atom stereocenters. The van der Waals surface area contributed by atoms with Crippen LogP contribution < -0.4 is 22.1 Å². The van der Waals surface area contributed by atoms with Crippen molar-refractivity contribution in [2.75, 3.05) is 79.3 Å². The van der Waals surface area contributed by atoms with Crippen LogP contribution in [0.3, 0.4) is 0 Å². The molecule has 0 aliphatic carbocycles. The maximum atomic E-state index is 11.7. The Balaban J connectivity index is 0.000000195. The van der Waals surface area contributed by atoms with Crippen molar-refractivity contribution in [2.24, 2.45) is 41.1 Å². The van der Waals surface area contributed by atoms with Gasteiger partial charge in [-0.2, -0.15) is 0 Å². The summed E-state index contributed by atoms with van der Waals surface area (Å²) in [6.07, 6.45) is 5.50. The largest absolute Gasteiger partial charge is 0.445 e. The van der Waals surface area contributed by atoms with Crippen LogP contribution in [0.25, 0.3) is 0 Å². The molecule has 6 N–H and O–H groups in total. The first-order valence-electron chi connectivity index (χ1n) is 25.8. The number of hydrogen-bond donors (Lipinski definition) is 4. The summed E-state index contributed by atoms with van der Waals surface area (Å²) >= 11 is 0. The van der Waals surface area contributed by atoms with Gasteiger partial charge in [0.25, 0.3) is 0 Å². The molecule has 0 aromatic heterocycles. The van der Waals surface area contributed by atoms with Crippen molar-refractivity contribution < 1.29 is 47.5 Å². The first-order chi connectivity index (χ1) is 33.9. The van der Waals surface area contributed by atoms with E-state index in [2.05, 4.69) is 99.0 Å². The number of carbonyl (C=O) groups is 3. The second-order valence-corrected chi connectivity index (χ2v) is 19.4. The summed E-state index contributed by atoms with van der Waals surface area (Å²) in [5.74, 6) is 2.83. The second kappa shape index (κ2) is 34.3. The van der Waals surface area contributed by atoms with Gasteiger partial charge >= 0.3 is 6.09 Å². The quantitative estimate of drug-likeness (QED) is 0.179. The highest BCUT2D eigenvalue weighted by atomic mass is 16.5. The molecule has 3 aromatic carbocycles. The van der Waals surface area contributed by atoms with Crippen molar-refractivity contribution in [3.8, 4) is 0 Å². The van der Waals surface area contributed by atoms with Gasteiger partial charge in [0.2, 0.25) is 0 Å². The Kier molecular flexibility index (Phi) is 28.7. The van der Waals surface area contributed by atoms with E-state index in [1.54, 1.807) is 0 Å². The van der Waals surface area contributed by atoms with Crippen LogP contribution in [0.2, 0.25) is 0 Å². The summed E-state index contributed by atoms with van der Waals surface area (Å²) in [6, 6.07) is 32.7. The lowest BCUT2D eigenvalue weighted by Crippen LogP contribution is -2.44. The molecule has 0 spiro atoms. The lowest BCUT2D eigenvalue weighted by molar-refractivity contribution is -0.129. The maximum absolute atomic E-state index is 11.7. The molecule has 6 fully saturated rings. The van der Waals surface area contributed by atoms with Gasteiger partial charge in [-0.05, 0) is 66.0 Å². The van der Waals surface area contributed by atoms with E-state index in [9.17, 15) is 14.4 Å². The Morgan fingerprint density at radius 2 is 0.971 bits per heavy atom. The van der Waals surface area contributed by atoms with E-state index in [1.807, 2.05) is 37.3 Å². The molecule has 9 rings (SSSR count). The van der Waals surface area contributed by atoms with E-state index >= 15 is 0 Å². The number of alkyl carbamates (subject to hydrolysis) is 1. The van der Waals surface area contributed by atoms with Gasteiger partial charge in [-0.1, -0.05) is 126 Å². The number of ketones is 2. The number of rotatable bonds is 7. The molecule has 6 saturated heterocycles. The molecule has 14 heteroatoms. The number of Topliss-reactive ketones (excluding diaryl/α,β-unsaturated/α-hetero) is 2. The van der Waals surface area contributed by atoms with Crippen molar-refractivity contribution in [2.45, 2.75) is 116 Å². The van der Waals surface area contributed by atoms with Crippen LogP contribution in [0.4, 0.5) is 4.79 Å². The minimum Gasteiger partial charge on any atom is -0.445 e. The van der Waals surface area contributed by atoms with E-state index in [0.717, 1.165) is 70.9 Å². The lowest BCUT2D eigenvalue weighted by Gasteiger charge is -2.33. The zero-order chi connectivity index (χ0) is 50.4. The first-order valence-corrected chi connectivity index (χ1v) is 25.8. The Morgan fingerprint density at radius 1 is 0.543 bits per heavy atom. The number of ether oxygens (including phenoxy) is 7. The maximum Gasteiger partial charge on any atom is 0.407 e. The highest BCUT2D eigenvalue weighted by Gasteiger charge is 2.27. The third kappa shape index (κ3) is 23.4. The molecule has 6 heterocycles. The third-order valence-corrected chi connectivity index (χ3v) is 13.3. The molecule has 3 aromatic rings. The van der Waals surface area contributed by atoms with E-state index in [4.69, 9.17) is 44.6 Å². The Bertz CT molecular complexity index is 1760. The number of nitrogens with one attached hydrogen (secondary N) is 2. The summed E-state index contributed by atoms with van der Waals surface area (Å²) < 4.78 is 36.4. The highest BCUT2D eigenvalue weighted by Crippen LogP contribution is 2.26. The molecule has 6 aliphatic heterocycles. The normalized spacial score (nSPS) is 27.6. The second-order valence-electron chi connectivity index (χ2n) is 19.4. The van der Waals surface area contributed by atoms with E-state index in [0.29, 0.717) is 119 Å². The molecule has 0 radical (unpaired) electrons. The van der Waals surface area contributed by atoms with E-state index < -0.39 is 0 Å². The predicted molar refractivity (Wildman–Crippen MR) is 274 cm³/mol. The predicted octanol–water partition coefficient (Wildman–Crippen LogP) is 7.85. The molecule has 0 bridgehead atoms. The summed E-state index contributed by atoms with van der Waals surface area (Å²) in [5, 5.41) is 6.76. The number of nitrogens with two attached hydrogens (primary N) is 2. The number of hydrogen-bond acceptors (Lipinski definition) is 13. The van der Waals surface area contributed by atoms with Crippen LogP contribution in [0.15, 0.2) is 91.0 Å². The number of benzene rings is 3. The summed E-state index contributed by atoms with van der Waals surface area (Å²) in [4.78, 5) is 32.8. The van der Waals surface area contributed by atoms with Crippen LogP contribution in [-0.2, 0) is 49.4 Å². The zero-order valence-electron chi connectivity index (χ0n) is 42.8. The van der Waals surface area contributed by atoms with Crippen molar-refractivity contribution in [3.63, 3.8) is 0 Å². The molecule has 14 nitrogen and oxygen atoms in total. The molecule has 0 saturated carbocycles. The van der Waals surface area contributed by atoms with Crippen molar-refractivity contribution in [3.05, 3.63) is 108 Å². The smallest absolute Gasteiger partial charge is 0.407 e. The van der Waals surface area contributed by atoms with Gasteiger partial charge in [0.1, 0.15) is 18.2 Å². The monoisotopic (exact) mass is 975 g/mol. The standard InChI is InChI=1S/C19H23NO.C14H19NO3.2C6H13NO.C6H10O2.C5H8O2/c1-15-14-21-13-12-18(15)20-19(16-8-4-2-5-9-16)17-10-6-3-7-11-17;1-11-9-17-8-7-13(11)15-14(16)18-10-12-5-3-2-4-6-12;3*1-5-4-8-3-2-6(5)7;6-5-1-3-7-4-2-5/h2-11,15,18-20H,12-14H2,1H3;2-6,11,13H,7-10H2,1H3,(H,15,16);2*5-6H,2-4,7H2,1H3;5H,2-4H2,1H3;1-4H2/t;11-,13+;2*5-,6+;;/m.111../s1. The zero-order valence-corrected chi connectivity index (χ0v) is 42.8. The molecular formula is C56H86N4O10. The summed E-state index contributed by atoms with van der Waals surface area (Å²) in [7, 11) is 0. The van der Waals surface area contributed by atoms with E-state index in [-0.39, 0.29) is 24.1 Å². The van der Waals surface area contributed by atoms with Crippen LogP contribution in [0.5, 0.6) is 0 Å². The van der Waals surface area contributed by atoms with Crippen molar-refractivity contribution in [1.82, 2.24) is 10.6 Å². The lowest BCUT2D eigenvalue weighted by atomic mass is 9.92. The Labute approximate surface area is 418 Å². The van der Waals surface area contributed by atoms with Gasteiger partial charge < -0.3 is 55.3 Å². The van der Waals surface area contributed by atoms with Crippen LogP contribution in [-0.4, -0.2) is 121 Å². The van der Waals surface area contributed by atoms with Crippen LogP contribution in [0, 0.1) is 29.6 Å². The van der Waals surface area contributed by atoms with Gasteiger partial charge in [-0.3, -0.25) is 9.59 Å². The molecule has 6 aliphatic rings. The van der Waals surface area contributed by atoms with Gasteiger partial charge in [0.05, 0.1) is 58.9 Å². The van der Waals surface area contributed by atoms with Gasteiger partial charge in [-0.15, -0.1) is 0 Å². The molecular weight excluding hydrogens is 889 g/mol. The minimum absolute atomic E-state index is 0.142. The van der Waals surface area contributed by atoms with Crippen molar-refractivity contribution >= 4 is 17.7 Å². The molecule has 70 heavy (non-hydrogen) atoms. The third-order valence-electron chi connectivity index (χ3n) is 13.3. The van der Waals surface area contributed by atoms with Crippen molar-refractivity contribution in [1.29, 1.82) is 0 Å². The average Bonchev–Trinajstić information content (AvgIpc) is 3.39. The van der Waals surface area contributed by atoms with Gasteiger partial charge in [-0.25, -0.2) is 4.79 Å². The van der Waals surface area contributed by atoms with Gasteiger partial charge in [0, 0.05) is 75.8 Å². The van der Waals surface area contributed by atoms with Crippen LogP contribution >= 0.6 is 0 Å². The fraction of sp³-hybridized carbons (Fsp3) is 0.625. The minimum atomic E-state index is -0.349. The summed E-state index contributed by atoms with van der Waals surface area (Å²) in [5.41, 5.74) is 15.0. The topological polar surface area (TPSA) is 192 Å². The Hall–Kier alpha value is -4.09. The number of carbonyl (C=O) groups excluding carboxylic acids is 3. The SMILES string of the molecule is CC1COCCC1=O.CC1COCCC1NC(c1ccccc1)c1ccccc1.C[C@@H]1COCC[C@@H]1N.C[C@@H]1COCC[C@@H]1N.C[C@@H]1COCC[C@@H]1NC(=O)OCc1ccccc1.O=C1CCOCC1. The fourth-order valence-electron chi connectivity index (χ4n) is 8.19. The molecule has 3 unspecified atom stereocenters. The Morgan fingerprint density at radius 3 is 1.36 bits per heavy atom. The van der Waals surface area contributed by atoms with Crippen LogP contribution in [0.1, 0.15) is 102 Å². The highest BCUT2D eigenvalue weighted by molar-refractivity contribution is 5.81. The summed E-state index contributed by atoms with van der Waals surface area (Å²) in [6.45, 7) is 19.9. The fourth-order valence-corrected chi connectivity index (χ4v) is 8.19. The van der Waals surface area contributed by atoms with E-state index in [1.165, 1.54) is 11.1 Å². The van der Waals surface area contributed by atoms with Gasteiger partial charge in [0.15, 0.2) is 0 Å². The molecule has 390 valence electrons. The number of amides is 1.